The first kappa shape index (κ1) is 19.1. The van der Waals surface area contributed by atoms with E-state index in [1.165, 1.54) is 6.07 Å². The molecule has 5 heteroatoms. The van der Waals surface area contributed by atoms with E-state index >= 15 is 0 Å². The van der Waals surface area contributed by atoms with Gasteiger partial charge in [0.05, 0.1) is 0 Å². The fraction of sp³-hybridized carbons (Fsp3) is 0.364. The molecule has 2 amide bonds. The highest BCUT2D eigenvalue weighted by Crippen LogP contribution is 2.15. The van der Waals surface area contributed by atoms with E-state index in [2.05, 4.69) is 0 Å². The molecular formula is C22H25FN2O2. The van der Waals surface area contributed by atoms with Gasteiger partial charge in [0.25, 0.3) is 5.91 Å². The summed E-state index contributed by atoms with van der Waals surface area (Å²) >= 11 is 0. The van der Waals surface area contributed by atoms with Crippen molar-refractivity contribution in [2.75, 3.05) is 26.2 Å². The molecule has 27 heavy (non-hydrogen) atoms. The Morgan fingerprint density at radius 3 is 2.26 bits per heavy atom. The number of carbonyl (C=O) groups excluding carboxylic acids is 2. The average Bonchev–Trinajstić information content (AvgIpc) is 2.69. The highest BCUT2D eigenvalue weighted by Gasteiger charge is 2.25. The minimum atomic E-state index is -0.269. The summed E-state index contributed by atoms with van der Waals surface area (Å²) in [4.78, 5) is 28.6. The Hall–Kier alpha value is -2.69. The first-order chi connectivity index (χ1) is 13.0. The summed E-state index contributed by atoms with van der Waals surface area (Å²) in [6.45, 7) is 6.11. The fourth-order valence-corrected chi connectivity index (χ4v) is 3.32. The topological polar surface area (TPSA) is 40.6 Å². The number of halogens is 1. The molecule has 2 aromatic rings. The van der Waals surface area contributed by atoms with Gasteiger partial charge in [-0.1, -0.05) is 24.3 Å². The molecule has 1 aliphatic rings. The maximum atomic E-state index is 13.7. The van der Waals surface area contributed by atoms with Crippen LogP contribution in [-0.4, -0.2) is 47.8 Å². The van der Waals surface area contributed by atoms with E-state index in [4.69, 9.17) is 0 Å². The van der Waals surface area contributed by atoms with E-state index in [9.17, 15) is 14.0 Å². The van der Waals surface area contributed by atoms with Gasteiger partial charge in [-0.05, 0) is 55.2 Å². The van der Waals surface area contributed by atoms with Crippen molar-refractivity contribution in [3.8, 4) is 0 Å². The zero-order chi connectivity index (χ0) is 19.4. The standard InChI is InChI=1S/C22H25FN2O2/c1-16-7-8-19(15-17(16)2)22(27)25-13-11-24(12-14-25)21(26)10-9-18-5-3-4-6-20(18)23/h3-8,15H,9-14H2,1-2H3. The lowest BCUT2D eigenvalue weighted by Crippen LogP contribution is -2.50. The number of nitrogens with zero attached hydrogens (tertiary/aromatic N) is 2. The summed E-state index contributed by atoms with van der Waals surface area (Å²) in [7, 11) is 0. The highest BCUT2D eigenvalue weighted by molar-refractivity contribution is 5.94. The lowest BCUT2D eigenvalue weighted by atomic mass is 10.1. The second kappa shape index (κ2) is 8.33. The summed E-state index contributed by atoms with van der Waals surface area (Å²) in [5.41, 5.74) is 3.52. The molecule has 0 N–H and O–H groups in total. The van der Waals surface area contributed by atoms with Crippen LogP contribution in [0.5, 0.6) is 0 Å². The van der Waals surface area contributed by atoms with Gasteiger partial charge in [0.1, 0.15) is 5.82 Å². The molecule has 0 aliphatic carbocycles. The first-order valence-corrected chi connectivity index (χ1v) is 9.33. The van der Waals surface area contributed by atoms with E-state index in [1.54, 1.807) is 28.0 Å². The summed E-state index contributed by atoms with van der Waals surface area (Å²) < 4.78 is 13.7. The van der Waals surface area contributed by atoms with Crippen LogP contribution in [0.3, 0.4) is 0 Å². The van der Waals surface area contributed by atoms with Gasteiger partial charge in [0.15, 0.2) is 0 Å². The molecule has 3 rings (SSSR count). The molecule has 0 spiro atoms. The lowest BCUT2D eigenvalue weighted by Gasteiger charge is -2.35. The van der Waals surface area contributed by atoms with Gasteiger partial charge in [0.2, 0.25) is 5.91 Å². The Balaban J connectivity index is 1.52. The van der Waals surface area contributed by atoms with Crippen LogP contribution in [-0.2, 0) is 11.2 Å². The Bertz CT molecular complexity index is 842. The van der Waals surface area contributed by atoms with Crippen molar-refractivity contribution in [1.29, 1.82) is 0 Å². The highest BCUT2D eigenvalue weighted by atomic mass is 19.1. The summed E-state index contributed by atoms with van der Waals surface area (Å²) in [6, 6.07) is 12.3. The smallest absolute Gasteiger partial charge is 0.253 e. The predicted octanol–water partition coefficient (Wildman–Crippen LogP) is 3.36. The Labute approximate surface area is 159 Å². The van der Waals surface area contributed by atoms with Crippen molar-refractivity contribution in [2.24, 2.45) is 0 Å². The molecule has 0 unspecified atom stereocenters. The number of carbonyl (C=O) groups is 2. The van der Waals surface area contributed by atoms with Gasteiger partial charge in [-0.2, -0.15) is 0 Å². The molecule has 1 heterocycles. The van der Waals surface area contributed by atoms with Crippen LogP contribution in [0.2, 0.25) is 0 Å². The third-order valence-corrected chi connectivity index (χ3v) is 5.24. The number of aryl methyl sites for hydroxylation is 3. The van der Waals surface area contributed by atoms with Crippen molar-refractivity contribution in [2.45, 2.75) is 26.7 Å². The maximum absolute atomic E-state index is 13.7. The van der Waals surface area contributed by atoms with Gasteiger partial charge >= 0.3 is 0 Å². The molecule has 1 saturated heterocycles. The van der Waals surface area contributed by atoms with Crippen molar-refractivity contribution in [3.05, 3.63) is 70.5 Å². The van der Waals surface area contributed by atoms with Crippen LogP contribution in [0, 0.1) is 19.7 Å². The normalized spacial score (nSPS) is 14.3. The van der Waals surface area contributed by atoms with Gasteiger partial charge in [-0.25, -0.2) is 4.39 Å². The number of benzene rings is 2. The number of hydrogen-bond donors (Lipinski definition) is 0. The largest absolute Gasteiger partial charge is 0.339 e. The molecule has 0 bridgehead atoms. The van der Waals surface area contributed by atoms with Crippen LogP contribution in [0.25, 0.3) is 0 Å². The Kier molecular flexibility index (Phi) is 5.89. The van der Waals surface area contributed by atoms with Crippen molar-refractivity contribution >= 4 is 11.8 Å². The lowest BCUT2D eigenvalue weighted by molar-refractivity contribution is -0.132. The van der Waals surface area contributed by atoms with Gasteiger partial charge in [-0.3, -0.25) is 9.59 Å². The van der Waals surface area contributed by atoms with Crippen LogP contribution >= 0.6 is 0 Å². The third kappa shape index (κ3) is 4.54. The molecule has 2 aromatic carbocycles. The zero-order valence-corrected chi connectivity index (χ0v) is 15.9. The van der Waals surface area contributed by atoms with Gasteiger partial charge < -0.3 is 9.80 Å². The maximum Gasteiger partial charge on any atom is 0.253 e. The first-order valence-electron chi connectivity index (χ1n) is 9.33. The third-order valence-electron chi connectivity index (χ3n) is 5.24. The van der Waals surface area contributed by atoms with E-state index in [0.717, 1.165) is 11.1 Å². The number of hydrogen-bond acceptors (Lipinski definition) is 2. The predicted molar refractivity (Wildman–Crippen MR) is 103 cm³/mol. The van der Waals surface area contributed by atoms with Gasteiger partial charge in [0, 0.05) is 38.2 Å². The van der Waals surface area contributed by atoms with Crippen LogP contribution in [0.15, 0.2) is 42.5 Å². The molecule has 4 nitrogen and oxygen atoms in total. The Morgan fingerprint density at radius 1 is 0.926 bits per heavy atom. The monoisotopic (exact) mass is 368 g/mol. The quantitative estimate of drug-likeness (QED) is 0.830. The molecule has 0 saturated carbocycles. The minimum absolute atomic E-state index is 0.0107. The molecule has 0 atom stereocenters. The number of amides is 2. The second-order valence-corrected chi connectivity index (χ2v) is 7.06. The van der Waals surface area contributed by atoms with Crippen LogP contribution in [0.1, 0.15) is 33.5 Å². The van der Waals surface area contributed by atoms with E-state index in [0.29, 0.717) is 43.7 Å². The minimum Gasteiger partial charge on any atom is -0.339 e. The van der Waals surface area contributed by atoms with Crippen molar-refractivity contribution < 1.29 is 14.0 Å². The summed E-state index contributed by atoms with van der Waals surface area (Å²) in [5, 5.41) is 0. The molecule has 142 valence electrons. The van der Waals surface area contributed by atoms with E-state index in [-0.39, 0.29) is 24.1 Å². The summed E-state index contributed by atoms with van der Waals surface area (Å²) in [6.07, 6.45) is 0.680. The molecule has 1 fully saturated rings. The fourth-order valence-electron chi connectivity index (χ4n) is 3.32. The number of piperazine rings is 1. The molecular weight excluding hydrogens is 343 g/mol. The zero-order valence-electron chi connectivity index (χ0n) is 15.9. The van der Waals surface area contributed by atoms with Gasteiger partial charge in [-0.15, -0.1) is 0 Å². The van der Waals surface area contributed by atoms with Crippen molar-refractivity contribution in [3.63, 3.8) is 0 Å². The SMILES string of the molecule is Cc1ccc(C(=O)N2CCN(C(=O)CCc3ccccc3F)CC2)cc1C. The molecule has 1 aliphatic heterocycles. The number of rotatable bonds is 4. The van der Waals surface area contributed by atoms with Crippen LogP contribution in [0.4, 0.5) is 4.39 Å². The Morgan fingerprint density at radius 2 is 1.59 bits per heavy atom. The van der Waals surface area contributed by atoms with E-state index in [1.807, 2.05) is 32.0 Å². The molecule has 0 radical (unpaired) electrons. The van der Waals surface area contributed by atoms with Crippen molar-refractivity contribution in [1.82, 2.24) is 9.80 Å². The van der Waals surface area contributed by atoms with E-state index < -0.39 is 0 Å². The van der Waals surface area contributed by atoms with Crippen LogP contribution < -0.4 is 0 Å². The summed E-state index contributed by atoms with van der Waals surface area (Å²) in [5.74, 6) is -0.248. The average molecular weight is 368 g/mol. The molecule has 0 aromatic heterocycles. The second-order valence-electron chi connectivity index (χ2n) is 7.06.